The van der Waals surface area contributed by atoms with Gasteiger partial charge in [0.25, 0.3) is 10.0 Å². The first-order chi connectivity index (χ1) is 13.8. The number of nitrogens with zero attached hydrogens (tertiary/aromatic N) is 3. The topological polar surface area (TPSA) is 152 Å². The number of azide groups is 1. The van der Waals surface area contributed by atoms with Gasteiger partial charge < -0.3 is 23.9 Å². The number of hydrogen-bond donors (Lipinski definition) is 2. The minimum atomic E-state index is -4.05. The lowest BCUT2D eigenvalue weighted by atomic mass is 10.3. The van der Waals surface area contributed by atoms with E-state index in [-0.39, 0.29) is 4.90 Å². The van der Waals surface area contributed by atoms with E-state index >= 15 is 0 Å². The molecule has 2 amide bonds. The van der Waals surface area contributed by atoms with Gasteiger partial charge in [0.15, 0.2) is 0 Å². The van der Waals surface area contributed by atoms with Gasteiger partial charge in [0.05, 0.1) is 4.90 Å². The fraction of sp³-hybridized carbons (Fsp3) is 0.562. The van der Waals surface area contributed by atoms with Crippen molar-refractivity contribution in [2.24, 2.45) is 4.52 Å². The van der Waals surface area contributed by atoms with E-state index in [4.69, 9.17) is 18.8 Å². The fourth-order valence-electron chi connectivity index (χ4n) is 2.49. The first-order valence-corrected chi connectivity index (χ1v) is 12.6. The van der Waals surface area contributed by atoms with Crippen LogP contribution in [0.3, 0.4) is 0 Å². The van der Waals surface area contributed by atoms with Crippen LogP contribution in [0.4, 0.5) is 10.5 Å². The molecule has 0 aromatic heterocycles. The van der Waals surface area contributed by atoms with E-state index in [0.717, 1.165) is 0 Å². The van der Waals surface area contributed by atoms with Crippen molar-refractivity contribution in [2.75, 3.05) is 31.7 Å². The predicted molar refractivity (Wildman–Crippen MR) is 110 cm³/mol. The summed E-state index contributed by atoms with van der Waals surface area (Å²) < 4.78 is 43.2. The number of benzene rings is 1. The smallest absolute Gasteiger partial charge is 0.374 e. The highest BCUT2D eigenvalue weighted by molar-refractivity contribution is 7.90. The van der Waals surface area contributed by atoms with Crippen molar-refractivity contribution in [3.05, 3.63) is 34.7 Å². The minimum absolute atomic E-state index is 0.162. The maximum atomic E-state index is 12.0. The van der Waals surface area contributed by atoms with Crippen molar-refractivity contribution < 1.29 is 26.5 Å². The van der Waals surface area contributed by atoms with Gasteiger partial charge in [-0.3, -0.25) is 0 Å². The van der Waals surface area contributed by atoms with Crippen LogP contribution >= 0.6 is 0 Å². The van der Waals surface area contributed by atoms with Gasteiger partial charge in [-0.2, -0.15) is 0 Å². The molecule has 0 saturated carbocycles. The summed E-state index contributed by atoms with van der Waals surface area (Å²) in [5, 5.41) is 5.31. The molecule has 162 valence electrons. The van der Waals surface area contributed by atoms with Crippen LogP contribution in [0.2, 0.25) is 6.04 Å². The lowest BCUT2D eigenvalue weighted by Gasteiger charge is -2.28. The zero-order valence-corrected chi connectivity index (χ0v) is 18.6. The van der Waals surface area contributed by atoms with Crippen molar-refractivity contribution in [1.82, 2.24) is 5.32 Å². The van der Waals surface area contributed by atoms with Gasteiger partial charge in [0.2, 0.25) is 0 Å². The number of anilines is 1. The molecule has 2 N–H and O–H groups in total. The highest BCUT2D eigenvalue weighted by atomic mass is 32.2. The largest absolute Gasteiger partial charge is 0.500 e. The molecule has 0 bridgehead atoms. The maximum Gasteiger partial charge on any atom is 0.500 e. The Bertz CT molecular complexity index is 782. The lowest BCUT2D eigenvalue weighted by Crippen LogP contribution is -2.46. The van der Waals surface area contributed by atoms with Gasteiger partial charge in [0, 0.05) is 47.5 Å². The van der Waals surface area contributed by atoms with Gasteiger partial charge in [-0.1, -0.05) is 0 Å². The molecule has 0 fully saturated rings. The minimum Gasteiger partial charge on any atom is -0.374 e. The second-order valence-electron chi connectivity index (χ2n) is 5.64. The van der Waals surface area contributed by atoms with Crippen LogP contribution in [0, 0.1) is 0 Å². The van der Waals surface area contributed by atoms with E-state index in [1.807, 2.05) is 20.8 Å². The standard InChI is InChI=1S/C16H27N5O6SSi/c1-4-25-29(26-5-2,27-6-3)13-7-12-18-16(22)19-14-8-10-15(11-9-14)28(23,24)21-20-17/h8-11H,4-7,12-13H2,1-3H3,(H2,18,19,22). The van der Waals surface area contributed by atoms with E-state index < -0.39 is 24.9 Å². The average Bonchev–Trinajstić information content (AvgIpc) is 2.66. The fourth-order valence-corrected chi connectivity index (χ4v) is 5.77. The molecule has 1 aromatic rings. The molecule has 0 atom stereocenters. The van der Waals surface area contributed by atoms with E-state index in [0.29, 0.717) is 44.5 Å². The van der Waals surface area contributed by atoms with Crippen LogP contribution in [0.1, 0.15) is 27.2 Å². The van der Waals surface area contributed by atoms with Crippen molar-refractivity contribution in [2.45, 2.75) is 38.1 Å². The monoisotopic (exact) mass is 445 g/mol. The van der Waals surface area contributed by atoms with Crippen LogP contribution < -0.4 is 10.6 Å². The Hall–Kier alpha value is -2.15. The first-order valence-electron chi connectivity index (χ1n) is 9.20. The summed E-state index contributed by atoms with van der Waals surface area (Å²) in [4.78, 5) is 14.1. The van der Waals surface area contributed by atoms with E-state index in [9.17, 15) is 13.2 Å². The molecule has 29 heavy (non-hydrogen) atoms. The molecule has 0 unspecified atom stereocenters. The second kappa shape index (κ2) is 12.4. The number of amides is 2. The van der Waals surface area contributed by atoms with E-state index in [1.54, 1.807) is 0 Å². The number of hydrogen-bond acceptors (Lipinski definition) is 6. The second-order valence-corrected chi connectivity index (χ2v) is 9.95. The summed E-state index contributed by atoms with van der Waals surface area (Å²) in [7, 11) is -6.79. The number of sulfonamides is 1. The molecule has 11 nitrogen and oxygen atoms in total. The molecular formula is C16H27N5O6SSi. The molecule has 13 heteroatoms. The zero-order chi connectivity index (χ0) is 21.8. The van der Waals surface area contributed by atoms with Crippen molar-refractivity contribution in [3.63, 3.8) is 0 Å². The third kappa shape index (κ3) is 8.39. The summed E-state index contributed by atoms with van der Waals surface area (Å²) in [6, 6.07) is 5.42. The SMILES string of the molecule is CCO[Si](CCCNC(=O)Nc1ccc(S(=O)(=O)N=[N+]=[N-])cc1)(OCC)OCC. The summed E-state index contributed by atoms with van der Waals surface area (Å²) >= 11 is 0. The molecule has 0 heterocycles. The molecule has 0 radical (unpaired) electrons. The highest BCUT2D eigenvalue weighted by Crippen LogP contribution is 2.18. The molecule has 1 rings (SSSR count). The molecule has 0 saturated heterocycles. The van der Waals surface area contributed by atoms with E-state index in [2.05, 4.69) is 20.1 Å². The molecule has 0 spiro atoms. The number of urea groups is 1. The molecular weight excluding hydrogens is 418 g/mol. The van der Waals surface area contributed by atoms with Crippen LogP contribution in [-0.2, 0) is 23.3 Å². The highest BCUT2D eigenvalue weighted by Gasteiger charge is 2.39. The Labute approximate surface area is 171 Å². The van der Waals surface area contributed by atoms with Crippen molar-refractivity contribution in [3.8, 4) is 0 Å². The number of nitrogens with one attached hydrogen (secondary N) is 2. The summed E-state index contributed by atoms with van der Waals surface area (Å²) in [5.74, 6) is 0. The van der Waals surface area contributed by atoms with Crippen molar-refractivity contribution in [1.29, 1.82) is 0 Å². The number of carbonyl (C=O) groups is 1. The Morgan fingerprint density at radius 1 is 1.10 bits per heavy atom. The Morgan fingerprint density at radius 2 is 1.66 bits per heavy atom. The lowest BCUT2D eigenvalue weighted by molar-refractivity contribution is 0.0708. The summed E-state index contributed by atoms with van der Waals surface area (Å²) in [6.07, 6.45) is 0.614. The summed E-state index contributed by atoms with van der Waals surface area (Å²) in [6.45, 7) is 7.51. The molecule has 0 aliphatic carbocycles. The van der Waals surface area contributed by atoms with Crippen LogP contribution in [0.15, 0.2) is 33.7 Å². The molecule has 0 aliphatic rings. The number of carbonyl (C=O) groups excluding carboxylic acids is 1. The van der Waals surface area contributed by atoms with Gasteiger partial charge in [-0.05, 0) is 57.0 Å². The predicted octanol–water partition coefficient (Wildman–Crippen LogP) is 3.25. The zero-order valence-electron chi connectivity index (χ0n) is 16.8. The van der Waals surface area contributed by atoms with Gasteiger partial charge in [-0.15, -0.1) is 0 Å². The van der Waals surface area contributed by atoms with Gasteiger partial charge in [0.1, 0.15) is 0 Å². The number of rotatable bonds is 13. The van der Waals surface area contributed by atoms with Crippen LogP contribution in [0.5, 0.6) is 0 Å². The van der Waals surface area contributed by atoms with Gasteiger partial charge in [-0.25, -0.2) is 13.2 Å². The maximum absolute atomic E-state index is 12.0. The first kappa shape index (κ1) is 24.9. The molecule has 1 aromatic carbocycles. The third-order valence-electron chi connectivity index (χ3n) is 3.59. The van der Waals surface area contributed by atoms with E-state index in [1.165, 1.54) is 24.3 Å². The van der Waals surface area contributed by atoms with Crippen LogP contribution in [-0.4, -0.2) is 49.6 Å². The van der Waals surface area contributed by atoms with Crippen molar-refractivity contribution >= 4 is 30.5 Å². The van der Waals surface area contributed by atoms with Gasteiger partial charge >= 0.3 is 14.8 Å². The Balaban J connectivity index is 2.54. The normalized spacial score (nSPS) is 11.6. The quantitative estimate of drug-likeness (QED) is 0.156. The van der Waals surface area contributed by atoms with Crippen LogP contribution in [0.25, 0.3) is 10.4 Å². The molecule has 0 aliphatic heterocycles. The Morgan fingerprint density at radius 3 is 2.14 bits per heavy atom. The Kier molecular flexibility index (Phi) is 10.7. The average molecular weight is 446 g/mol. The third-order valence-corrected chi connectivity index (χ3v) is 7.90. The summed E-state index contributed by atoms with van der Waals surface area (Å²) in [5.41, 5.74) is 8.66.